The molecular weight excluding hydrogens is 212 g/mol. The molecule has 1 amide bonds. The molecule has 0 saturated carbocycles. The summed E-state index contributed by atoms with van der Waals surface area (Å²) in [6.45, 7) is 17.0. The maximum atomic E-state index is 11.9. The average molecular weight is 242 g/mol. The lowest BCUT2D eigenvalue weighted by Crippen LogP contribution is -2.48. The molecule has 102 valence electrons. The third-order valence-electron chi connectivity index (χ3n) is 2.81. The molecule has 0 aromatic rings. The Labute approximate surface area is 107 Å². The summed E-state index contributed by atoms with van der Waals surface area (Å²) in [6.07, 6.45) is 1.05. The van der Waals surface area contributed by atoms with Crippen LogP contribution in [0.5, 0.6) is 0 Å². The van der Waals surface area contributed by atoms with E-state index in [4.69, 9.17) is 0 Å². The van der Waals surface area contributed by atoms with E-state index in [1.807, 2.05) is 18.7 Å². The summed E-state index contributed by atoms with van der Waals surface area (Å²) >= 11 is 0. The molecule has 0 aromatic heterocycles. The van der Waals surface area contributed by atoms with Crippen molar-refractivity contribution in [3.05, 3.63) is 0 Å². The minimum Gasteiger partial charge on any atom is -0.342 e. The normalized spacial score (nSPS) is 12.6. The molecule has 0 atom stereocenters. The van der Waals surface area contributed by atoms with Crippen LogP contribution in [0, 0.1) is 5.41 Å². The van der Waals surface area contributed by atoms with Gasteiger partial charge < -0.3 is 10.2 Å². The molecule has 0 saturated heterocycles. The van der Waals surface area contributed by atoms with Gasteiger partial charge in [0.05, 0.1) is 6.54 Å². The van der Waals surface area contributed by atoms with E-state index in [-0.39, 0.29) is 16.9 Å². The number of amides is 1. The van der Waals surface area contributed by atoms with Gasteiger partial charge in [0.2, 0.25) is 5.91 Å². The van der Waals surface area contributed by atoms with E-state index in [1.165, 1.54) is 0 Å². The first-order valence-corrected chi connectivity index (χ1v) is 6.64. The van der Waals surface area contributed by atoms with Crippen LogP contribution in [0.2, 0.25) is 0 Å². The van der Waals surface area contributed by atoms with Crippen LogP contribution in [0.3, 0.4) is 0 Å². The SMILES string of the molecule is CCN(CC)C(=O)CNC(C)(C)CC(C)(C)C. The van der Waals surface area contributed by atoms with Crippen LogP contribution in [0.15, 0.2) is 0 Å². The minimum atomic E-state index is 0.00105. The van der Waals surface area contributed by atoms with Crippen molar-refractivity contribution >= 4 is 5.91 Å². The first-order valence-electron chi connectivity index (χ1n) is 6.64. The number of nitrogens with one attached hydrogen (secondary N) is 1. The molecule has 0 unspecified atom stereocenters. The van der Waals surface area contributed by atoms with Crippen molar-refractivity contribution in [1.82, 2.24) is 10.2 Å². The number of likely N-dealkylation sites (N-methyl/N-ethyl adjacent to an activating group) is 1. The summed E-state index contributed by atoms with van der Waals surface area (Å²) in [4.78, 5) is 13.7. The van der Waals surface area contributed by atoms with Gasteiger partial charge >= 0.3 is 0 Å². The van der Waals surface area contributed by atoms with E-state index < -0.39 is 0 Å². The van der Waals surface area contributed by atoms with Crippen molar-refractivity contribution < 1.29 is 4.79 Å². The molecule has 3 heteroatoms. The number of hydrogen-bond acceptors (Lipinski definition) is 2. The van der Waals surface area contributed by atoms with Crippen LogP contribution in [0.25, 0.3) is 0 Å². The molecule has 1 N–H and O–H groups in total. The maximum absolute atomic E-state index is 11.9. The topological polar surface area (TPSA) is 32.3 Å². The van der Waals surface area contributed by atoms with Gasteiger partial charge in [0.25, 0.3) is 0 Å². The Balaban J connectivity index is 4.22. The lowest BCUT2D eigenvalue weighted by atomic mass is 9.82. The van der Waals surface area contributed by atoms with Gasteiger partial charge in [-0.3, -0.25) is 4.79 Å². The molecule has 0 spiro atoms. The molecule has 3 nitrogen and oxygen atoms in total. The molecule has 0 aliphatic heterocycles. The van der Waals surface area contributed by atoms with Gasteiger partial charge in [-0.05, 0) is 39.5 Å². The predicted octanol–water partition coefficient (Wildman–Crippen LogP) is 2.66. The standard InChI is InChI=1S/C14H30N2O/c1-8-16(9-2)12(17)10-15-14(6,7)11-13(3,4)5/h15H,8-11H2,1-7H3. The lowest BCUT2D eigenvalue weighted by Gasteiger charge is -2.34. The predicted molar refractivity (Wildman–Crippen MR) is 74.1 cm³/mol. The molecule has 17 heavy (non-hydrogen) atoms. The highest BCUT2D eigenvalue weighted by atomic mass is 16.2. The van der Waals surface area contributed by atoms with Gasteiger partial charge in [0, 0.05) is 18.6 Å². The quantitative estimate of drug-likeness (QED) is 0.776. The third-order valence-corrected chi connectivity index (χ3v) is 2.81. The number of rotatable bonds is 6. The molecule has 0 aliphatic carbocycles. The molecule has 0 aliphatic rings. The van der Waals surface area contributed by atoms with Crippen molar-refractivity contribution in [2.75, 3.05) is 19.6 Å². The highest BCUT2D eigenvalue weighted by molar-refractivity contribution is 5.78. The van der Waals surface area contributed by atoms with Crippen molar-refractivity contribution in [2.24, 2.45) is 5.41 Å². The van der Waals surface area contributed by atoms with Crippen molar-refractivity contribution in [3.63, 3.8) is 0 Å². The highest BCUT2D eigenvalue weighted by Crippen LogP contribution is 2.26. The second kappa shape index (κ2) is 6.39. The zero-order valence-electron chi connectivity index (χ0n) is 12.7. The Morgan fingerprint density at radius 3 is 1.88 bits per heavy atom. The third kappa shape index (κ3) is 7.37. The largest absolute Gasteiger partial charge is 0.342 e. The summed E-state index contributed by atoms with van der Waals surface area (Å²) < 4.78 is 0. The number of hydrogen-bond donors (Lipinski definition) is 1. The van der Waals surface area contributed by atoms with E-state index >= 15 is 0 Å². The van der Waals surface area contributed by atoms with Gasteiger partial charge in [-0.25, -0.2) is 0 Å². The van der Waals surface area contributed by atoms with Crippen LogP contribution in [-0.2, 0) is 4.79 Å². The number of nitrogens with zero attached hydrogens (tertiary/aromatic N) is 1. The fraction of sp³-hybridized carbons (Fsp3) is 0.929. The molecule has 0 aromatic carbocycles. The molecular formula is C14H30N2O. The van der Waals surface area contributed by atoms with Gasteiger partial charge in [0.15, 0.2) is 0 Å². The van der Waals surface area contributed by atoms with Gasteiger partial charge in [-0.1, -0.05) is 20.8 Å². The number of carbonyl (C=O) groups is 1. The van der Waals surface area contributed by atoms with Crippen LogP contribution >= 0.6 is 0 Å². The minimum absolute atomic E-state index is 0.00105. The Hall–Kier alpha value is -0.570. The maximum Gasteiger partial charge on any atom is 0.236 e. The van der Waals surface area contributed by atoms with Gasteiger partial charge in [-0.15, -0.1) is 0 Å². The second-order valence-electron chi connectivity index (χ2n) is 6.54. The number of carbonyl (C=O) groups excluding carboxylic acids is 1. The Bertz CT molecular complexity index is 237. The fourth-order valence-electron chi connectivity index (χ4n) is 2.39. The van der Waals surface area contributed by atoms with Crippen molar-refractivity contribution in [2.45, 2.75) is 60.4 Å². The molecule has 0 radical (unpaired) electrons. The van der Waals surface area contributed by atoms with Gasteiger partial charge in [-0.2, -0.15) is 0 Å². The first kappa shape index (κ1) is 16.4. The molecule has 0 bridgehead atoms. The van der Waals surface area contributed by atoms with E-state index in [9.17, 15) is 4.79 Å². The van der Waals surface area contributed by atoms with Gasteiger partial charge in [0.1, 0.15) is 0 Å². The van der Waals surface area contributed by atoms with Crippen LogP contribution in [0.4, 0.5) is 0 Å². The smallest absolute Gasteiger partial charge is 0.236 e. The van der Waals surface area contributed by atoms with Crippen molar-refractivity contribution in [1.29, 1.82) is 0 Å². The zero-order chi connectivity index (χ0) is 13.7. The summed E-state index contributed by atoms with van der Waals surface area (Å²) in [7, 11) is 0. The van der Waals surface area contributed by atoms with Crippen LogP contribution in [-0.4, -0.2) is 36.0 Å². The summed E-state index contributed by atoms with van der Waals surface area (Å²) in [5, 5.41) is 3.37. The highest BCUT2D eigenvalue weighted by Gasteiger charge is 2.25. The fourth-order valence-corrected chi connectivity index (χ4v) is 2.39. The molecule has 0 rings (SSSR count). The summed E-state index contributed by atoms with van der Waals surface area (Å²) in [6, 6.07) is 0. The van der Waals surface area contributed by atoms with E-state index in [1.54, 1.807) is 0 Å². The second-order valence-corrected chi connectivity index (χ2v) is 6.54. The monoisotopic (exact) mass is 242 g/mol. The lowest BCUT2D eigenvalue weighted by molar-refractivity contribution is -0.130. The zero-order valence-corrected chi connectivity index (χ0v) is 12.7. The summed E-state index contributed by atoms with van der Waals surface area (Å²) in [5.74, 6) is 0.192. The Kier molecular flexibility index (Phi) is 6.17. The Morgan fingerprint density at radius 1 is 1.06 bits per heavy atom. The first-order chi connectivity index (χ1) is 7.61. The molecule has 0 fully saturated rings. The Morgan fingerprint density at radius 2 is 1.53 bits per heavy atom. The summed E-state index contributed by atoms with van der Waals surface area (Å²) in [5.41, 5.74) is 0.274. The average Bonchev–Trinajstić information content (AvgIpc) is 2.13. The van der Waals surface area contributed by atoms with E-state index in [0.29, 0.717) is 6.54 Å². The van der Waals surface area contributed by atoms with E-state index in [0.717, 1.165) is 19.5 Å². The molecule has 0 heterocycles. The van der Waals surface area contributed by atoms with Crippen LogP contribution < -0.4 is 5.32 Å². The van der Waals surface area contributed by atoms with Crippen LogP contribution in [0.1, 0.15) is 54.9 Å². The van der Waals surface area contributed by atoms with Crippen molar-refractivity contribution in [3.8, 4) is 0 Å². The van der Waals surface area contributed by atoms with E-state index in [2.05, 4.69) is 39.9 Å².